The van der Waals surface area contributed by atoms with Crippen LogP contribution in [0.5, 0.6) is 0 Å². The van der Waals surface area contributed by atoms with E-state index in [2.05, 4.69) is 9.82 Å². The molecule has 0 aromatic carbocycles. The average molecular weight is 349 g/mol. The van der Waals surface area contributed by atoms with Crippen molar-refractivity contribution in [1.29, 1.82) is 0 Å². The molecular weight excluding hydrogens is 326 g/mol. The number of nitrogens with zero attached hydrogens (tertiary/aromatic N) is 2. The number of aromatic nitrogens is 2. The van der Waals surface area contributed by atoms with E-state index >= 15 is 0 Å². The van der Waals surface area contributed by atoms with Crippen LogP contribution in [0, 0.1) is 13.8 Å². The van der Waals surface area contributed by atoms with Gasteiger partial charge in [-0.3, -0.25) is 4.68 Å². The highest BCUT2D eigenvalue weighted by Gasteiger charge is 2.37. The second-order valence-corrected chi connectivity index (χ2v) is 8.31. The summed E-state index contributed by atoms with van der Waals surface area (Å²) in [5.74, 6) is 1.65. The van der Waals surface area contributed by atoms with Gasteiger partial charge in [-0.2, -0.15) is 16.9 Å². The molecule has 0 amide bonds. The number of hydrogen-bond acceptors (Lipinski definition) is 6. The van der Waals surface area contributed by atoms with Crippen LogP contribution in [0.3, 0.4) is 0 Å². The third-order valence-corrected chi connectivity index (χ3v) is 6.74. The lowest BCUT2D eigenvalue weighted by atomic mass is 10.0. The Morgan fingerprint density at radius 3 is 2.73 bits per heavy atom. The van der Waals surface area contributed by atoms with Crippen LogP contribution in [0.4, 0.5) is 0 Å². The van der Waals surface area contributed by atoms with E-state index in [-0.39, 0.29) is 24.7 Å². The first-order chi connectivity index (χ1) is 10.3. The zero-order valence-electron chi connectivity index (χ0n) is 13.1. The number of sulfonamides is 1. The quantitative estimate of drug-likeness (QED) is 0.730. The Labute approximate surface area is 135 Å². The van der Waals surface area contributed by atoms with Crippen LogP contribution in [0.1, 0.15) is 17.8 Å². The third-order valence-electron chi connectivity index (χ3n) is 3.86. The predicted molar refractivity (Wildman–Crippen MR) is 85.6 cm³/mol. The Morgan fingerprint density at radius 1 is 1.50 bits per heavy atom. The molecule has 2 N–H and O–H groups in total. The SMILES string of the molecule is Cc1nn(C)c(C)c1S(=O)(=O)NCC1(OCCO)CCSC1. The second kappa shape index (κ2) is 6.88. The number of ether oxygens (including phenoxy) is 1. The number of aliphatic hydroxyl groups is 1. The van der Waals surface area contributed by atoms with E-state index in [0.717, 1.165) is 17.9 Å². The topological polar surface area (TPSA) is 93.5 Å². The molecule has 22 heavy (non-hydrogen) atoms. The van der Waals surface area contributed by atoms with Crippen molar-refractivity contribution in [2.75, 3.05) is 31.3 Å². The Balaban J connectivity index is 2.14. The maximum absolute atomic E-state index is 12.6. The number of rotatable bonds is 7. The number of aryl methyl sites for hydroxylation is 2. The van der Waals surface area contributed by atoms with Crippen LogP contribution in [0.25, 0.3) is 0 Å². The van der Waals surface area contributed by atoms with Gasteiger partial charge in [-0.1, -0.05) is 0 Å². The summed E-state index contributed by atoms with van der Waals surface area (Å²) < 4.78 is 35.1. The molecule has 1 fully saturated rings. The highest BCUT2D eigenvalue weighted by atomic mass is 32.2. The smallest absolute Gasteiger partial charge is 0.244 e. The molecule has 0 spiro atoms. The van der Waals surface area contributed by atoms with Crippen LogP contribution >= 0.6 is 11.8 Å². The molecule has 1 aromatic heterocycles. The lowest BCUT2D eigenvalue weighted by Crippen LogP contribution is -2.45. The fourth-order valence-electron chi connectivity index (χ4n) is 2.60. The van der Waals surface area contributed by atoms with Gasteiger partial charge in [0.05, 0.1) is 30.2 Å². The predicted octanol–water partition coefficient (Wildman–Crippen LogP) is 0.200. The summed E-state index contributed by atoms with van der Waals surface area (Å²) in [4.78, 5) is 0.234. The summed E-state index contributed by atoms with van der Waals surface area (Å²) in [6, 6.07) is 0. The maximum Gasteiger partial charge on any atom is 0.244 e. The van der Waals surface area contributed by atoms with Gasteiger partial charge in [0, 0.05) is 19.3 Å². The van der Waals surface area contributed by atoms with Crippen LogP contribution < -0.4 is 4.72 Å². The summed E-state index contributed by atoms with van der Waals surface area (Å²) >= 11 is 1.73. The molecule has 7 nitrogen and oxygen atoms in total. The van der Waals surface area contributed by atoms with Crippen LogP contribution in [0.15, 0.2) is 4.90 Å². The molecule has 0 bridgehead atoms. The summed E-state index contributed by atoms with van der Waals surface area (Å²) in [5, 5.41) is 13.1. The summed E-state index contributed by atoms with van der Waals surface area (Å²) in [6.45, 7) is 3.77. The molecule has 9 heteroatoms. The molecule has 0 radical (unpaired) electrons. The normalized spacial score (nSPS) is 22.4. The molecule has 1 atom stereocenters. The van der Waals surface area contributed by atoms with Gasteiger partial charge in [0.2, 0.25) is 10.0 Å². The molecule has 1 unspecified atom stereocenters. The molecule has 1 saturated heterocycles. The van der Waals surface area contributed by atoms with E-state index < -0.39 is 15.6 Å². The monoisotopic (exact) mass is 349 g/mol. The molecule has 126 valence electrons. The first-order valence-corrected chi connectivity index (χ1v) is 9.77. The number of hydrogen-bond donors (Lipinski definition) is 2. The molecule has 0 saturated carbocycles. The summed E-state index contributed by atoms with van der Waals surface area (Å²) in [6.07, 6.45) is 0.769. The van der Waals surface area contributed by atoms with E-state index in [1.165, 1.54) is 0 Å². The number of nitrogens with one attached hydrogen (secondary N) is 1. The molecule has 0 aliphatic carbocycles. The second-order valence-electron chi connectivity index (χ2n) is 5.51. The molecule has 2 heterocycles. The zero-order chi connectivity index (χ0) is 16.4. The van der Waals surface area contributed by atoms with Gasteiger partial charge >= 0.3 is 0 Å². The highest BCUT2D eigenvalue weighted by molar-refractivity contribution is 7.99. The van der Waals surface area contributed by atoms with Gasteiger partial charge < -0.3 is 9.84 Å². The fourth-order valence-corrected chi connectivity index (χ4v) is 5.51. The molecule has 2 rings (SSSR count). The van der Waals surface area contributed by atoms with Crippen molar-refractivity contribution in [2.24, 2.45) is 7.05 Å². The van der Waals surface area contributed by atoms with Crippen LogP contribution in [-0.2, 0) is 21.8 Å². The van der Waals surface area contributed by atoms with Gasteiger partial charge in [-0.15, -0.1) is 0 Å². The number of aliphatic hydroxyl groups excluding tert-OH is 1. The Morgan fingerprint density at radius 2 is 2.23 bits per heavy atom. The first-order valence-electron chi connectivity index (χ1n) is 7.14. The minimum Gasteiger partial charge on any atom is -0.394 e. The number of thioether (sulfide) groups is 1. The van der Waals surface area contributed by atoms with E-state index in [1.807, 2.05) is 0 Å². The van der Waals surface area contributed by atoms with Crippen LogP contribution in [-0.4, -0.2) is 60.2 Å². The highest BCUT2D eigenvalue weighted by Crippen LogP contribution is 2.31. The van der Waals surface area contributed by atoms with Crippen LogP contribution in [0.2, 0.25) is 0 Å². The molecule has 1 aliphatic rings. The zero-order valence-corrected chi connectivity index (χ0v) is 14.8. The van der Waals surface area contributed by atoms with Gasteiger partial charge in [-0.05, 0) is 26.0 Å². The van der Waals surface area contributed by atoms with Crippen molar-refractivity contribution in [3.8, 4) is 0 Å². The van der Waals surface area contributed by atoms with Crippen molar-refractivity contribution in [1.82, 2.24) is 14.5 Å². The minimum atomic E-state index is -3.64. The fraction of sp³-hybridized carbons (Fsp3) is 0.769. The van der Waals surface area contributed by atoms with Crippen molar-refractivity contribution >= 4 is 21.8 Å². The van der Waals surface area contributed by atoms with Gasteiger partial charge in [0.15, 0.2) is 0 Å². The van der Waals surface area contributed by atoms with Crippen molar-refractivity contribution in [3.05, 3.63) is 11.4 Å². The van der Waals surface area contributed by atoms with E-state index in [0.29, 0.717) is 11.4 Å². The van der Waals surface area contributed by atoms with Crippen molar-refractivity contribution in [3.63, 3.8) is 0 Å². The Hall–Kier alpha value is -0.610. The van der Waals surface area contributed by atoms with Crippen molar-refractivity contribution in [2.45, 2.75) is 30.8 Å². The maximum atomic E-state index is 12.6. The summed E-state index contributed by atoms with van der Waals surface area (Å²) in [5.41, 5.74) is 0.555. The van der Waals surface area contributed by atoms with Gasteiger partial charge in [0.1, 0.15) is 4.90 Å². The van der Waals surface area contributed by atoms with E-state index in [1.54, 1.807) is 37.3 Å². The molecule has 1 aliphatic heterocycles. The summed E-state index contributed by atoms with van der Waals surface area (Å²) in [7, 11) is -1.91. The molecule has 1 aromatic rings. The van der Waals surface area contributed by atoms with Crippen molar-refractivity contribution < 1.29 is 18.3 Å². The molecular formula is C13H23N3O4S2. The first kappa shape index (κ1) is 17.7. The standard InChI is InChI=1S/C13H23N3O4S2/c1-10-12(11(2)16(3)15-10)22(18,19)14-8-13(20-6-5-17)4-7-21-9-13/h14,17H,4-9H2,1-3H3. The Kier molecular flexibility index (Phi) is 5.54. The van der Waals surface area contributed by atoms with Gasteiger partial charge in [-0.25, -0.2) is 13.1 Å². The lowest BCUT2D eigenvalue weighted by molar-refractivity contribution is -0.0358. The average Bonchev–Trinajstić information content (AvgIpc) is 3.01. The lowest BCUT2D eigenvalue weighted by Gasteiger charge is -2.28. The minimum absolute atomic E-state index is 0.0695. The third kappa shape index (κ3) is 3.65. The largest absolute Gasteiger partial charge is 0.394 e. The van der Waals surface area contributed by atoms with Gasteiger partial charge in [0.25, 0.3) is 0 Å². The van der Waals surface area contributed by atoms with E-state index in [4.69, 9.17) is 9.84 Å². The Bertz CT molecular complexity index is 621. The van der Waals surface area contributed by atoms with E-state index in [9.17, 15) is 8.42 Å².